The average molecular weight is 355 g/mol. The van der Waals surface area contributed by atoms with Crippen molar-refractivity contribution in [3.05, 3.63) is 35.4 Å². The third kappa shape index (κ3) is 5.73. The molecule has 2 rings (SSSR count). The quantitative estimate of drug-likeness (QED) is 0.786. The van der Waals surface area contributed by atoms with E-state index < -0.39 is 11.7 Å². The largest absolute Gasteiger partial charge is 0.416 e. The maximum absolute atomic E-state index is 12.6. The molecule has 1 aromatic carbocycles. The normalized spacial score (nSPS) is 15.6. The van der Waals surface area contributed by atoms with Crippen molar-refractivity contribution in [2.45, 2.75) is 12.6 Å². The van der Waals surface area contributed by atoms with Crippen molar-refractivity contribution in [3.63, 3.8) is 0 Å². The van der Waals surface area contributed by atoms with Gasteiger partial charge in [0.05, 0.1) is 31.3 Å². The van der Waals surface area contributed by atoms with Crippen LogP contribution in [0.15, 0.2) is 24.3 Å². The van der Waals surface area contributed by atoms with Gasteiger partial charge in [0.25, 0.3) is 5.91 Å². The zero-order chi connectivity index (χ0) is 18.3. The number of alkyl halides is 3. The maximum Gasteiger partial charge on any atom is 0.416 e. The molecule has 0 radical (unpaired) electrons. The molecule has 1 saturated heterocycles. The minimum Gasteiger partial charge on any atom is -0.379 e. The molecule has 1 aliphatic heterocycles. The first kappa shape index (κ1) is 19.2. The number of carbonyl (C=O) groups is 1. The first-order valence-electron chi connectivity index (χ1n) is 8.05. The third-order valence-corrected chi connectivity index (χ3v) is 4.03. The minimum absolute atomic E-state index is 0.176. The topological polar surface area (TPSA) is 56.6 Å². The van der Waals surface area contributed by atoms with Gasteiger partial charge in [-0.2, -0.15) is 18.4 Å². The highest BCUT2D eigenvalue weighted by molar-refractivity contribution is 5.94. The summed E-state index contributed by atoms with van der Waals surface area (Å²) in [5.41, 5.74) is -0.603. The summed E-state index contributed by atoms with van der Waals surface area (Å²) in [5.74, 6) is -0.364. The molecular weight excluding hydrogens is 335 g/mol. The van der Waals surface area contributed by atoms with Crippen molar-refractivity contribution in [1.29, 1.82) is 5.26 Å². The number of benzene rings is 1. The van der Waals surface area contributed by atoms with Crippen molar-refractivity contribution in [2.75, 3.05) is 45.9 Å². The minimum atomic E-state index is -4.43. The monoisotopic (exact) mass is 355 g/mol. The Kier molecular flexibility index (Phi) is 6.79. The standard InChI is InChI=1S/C17H20F3N3O2/c18-17(19,20)15-4-2-14(3-5-15)16(24)23(7-1-6-21)9-8-22-10-12-25-13-11-22/h2-5H,1,7-13H2. The van der Waals surface area contributed by atoms with Gasteiger partial charge in [0, 0.05) is 38.3 Å². The van der Waals surface area contributed by atoms with Crippen LogP contribution < -0.4 is 0 Å². The van der Waals surface area contributed by atoms with E-state index in [9.17, 15) is 18.0 Å². The Balaban J connectivity index is 2.02. The summed E-state index contributed by atoms with van der Waals surface area (Å²) in [4.78, 5) is 16.2. The first-order chi connectivity index (χ1) is 11.9. The Labute approximate surface area is 144 Å². The Hall–Kier alpha value is -2.11. The summed E-state index contributed by atoms with van der Waals surface area (Å²) in [7, 11) is 0. The lowest BCUT2D eigenvalue weighted by molar-refractivity contribution is -0.137. The molecule has 0 bridgehead atoms. The van der Waals surface area contributed by atoms with E-state index in [1.807, 2.05) is 6.07 Å². The van der Waals surface area contributed by atoms with Crippen molar-refractivity contribution in [1.82, 2.24) is 9.80 Å². The molecule has 0 saturated carbocycles. The molecule has 0 aromatic heterocycles. The number of morpholine rings is 1. The molecule has 1 aliphatic rings. The van der Waals surface area contributed by atoms with E-state index in [0.29, 0.717) is 26.3 Å². The van der Waals surface area contributed by atoms with Gasteiger partial charge >= 0.3 is 6.18 Å². The van der Waals surface area contributed by atoms with E-state index in [0.717, 1.165) is 25.2 Å². The number of nitrogens with zero attached hydrogens (tertiary/aromatic N) is 3. The number of carbonyl (C=O) groups excluding carboxylic acids is 1. The van der Waals surface area contributed by atoms with Crippen LogP contribution in [0.4, 0.5) is 13.2 Å². The van der Waals surface area contributed by atoms with Crippen LogP contribution in [0.3, 0.4) is 0 Å². The number of rotatable bonds is 6. The number of hydrogen-bond acceptors (Lipinski definition) is 4. The zero-order valence-corrected chi connectivity index (χ0v) is 13.8. The van der Waals surface area contributed by atoms with Gasteiger partial charge in [-0.15, -0.1) is 0 Å². The summed E-state index contributed by atoms with van der Waals surface area (Å²) < 4.78 is 43.1. The molecule has 1 fully saturated rings. The Morgan fingerprint density at radius 3 is 2.40 bits per heavy atom. The number of halogens is 3. The first-order valence-corrected chi connectivity index (χ1v) is 8.05. The van der Waals surface area contributed by atoms with Crippen LogP contribution >= 0.6 is 0 Å². The van der Waals surface area contributed by atoms with E-state index in [-0.39, 0.29) is 24.4 Å². The lowest BCUT2D eigenvalue weighted by Gasteiger charge is -2.30. The lowest BCUT2D eigenvalue weighted by Crippen LogP contribution is -2.43. The fraction of sp³-hybridized carbons (Fsp3) is 0.529. The zero-order valence-electron chi connectivity index (χ0n) is 13.8. The summed E-state index contributed by atoms with van der Waals surface area (Å²) in [5, 5.41) is 8.77. The molecule has 0 unspecified atom stereocenters. The van der Waals surface area contributed by atoms with Gasteiger partial charge in [0.2, 0.25) is 0 Å². The summed E-state index contributed by atoms with van der Waals surface area (Å²) >= 11 is 0. The van der Waals surface area contributed by atoms with Crippen molar-refractivity contribution < 1.29 is 22.7 Å². The molecule has 8 heteroatoms. The molecule has 0 spiro atoms. The van der Waals surface area contributed by atoms with Gasteiger partial charge in [-0.1, -0.05) is 0 Å². The molecule has 0 atom stereocenters. The highest BCUT2D eigenvalue weighted by Gasteiger charge is 2.30. The smallest absolute Gasteiger partial charge is 0.379 e. The fourth-order valence-electron chi connectivity index (χ4n) is 2.57. The van der Waals surface area contributed by atoms with E-state index in [2.05, 4.69) is 4.90 Å². The second-order valence-corrected chi connectivity index (χ2v) is 5.73. The summed E-state index contributed by atoms with van der Waals surface area (Å²) in [6.45, 7) is 4.15. The van der Waals surface area contributed by atoms with Crippen LogP contribution in [0.25, 0.3) is 0 Å². The Morgan fingerprint density at radius 2 is 1.84 bits per heavy atom. The molecule has 5 nitrogen and oxygen atoms in total. The summed E-state index contributed by atoms with van der Waals surface area (Å²) in [6.07, 6.45) is -4.26. The molecule has 0 N–H and O–H groups in total. The summed E-state index contributed by atoms with van der Waals surface area (Å²) in [6, 6.07) is 6.16. The van der Waals surface area contributed by atoms with Gasteiger partial charge in [-0.3, -0.25) is 9.69 Å². The fourth-order valence-corrected chi connectivity index (χ4v) is 2.57. The highest BCUT2D eigenvalue weighted by Crippen LogP contribution is 2.29. The van der Waals surface area contributed by atoms with Crippen LogP contribution in [0.5, 0.6) is 0 Å². The van der Waals surface area contributed by atoms with Crippen molar-refractivity contribution in [2.24, 2.45) is 0 Å². The van der Waals surface area contributed by atoms with Crippen molar-refractivity contribution >= 4 is 5.91 Å². The van der Waals surface area contributed by atoms with Gasteiger partial charge in [-0.05, 0) is 24.3 Å². The van der Waals surface area contributed by atoms with Crippen LogP contribution in [0.1, 0.15) is 22.3 Å². The molecule has 1 aromatic rings. The molecular formula is C17H20F3N3O2. The average Bonchev–Trinajstić information content (AvgIpc) is 2.61. The number of ether oxygens (including phenoxy) is 1. The predicted octanol–water partition coefficient (Wildman–Crippen LogP) is 2.39. The molecule has 136 valence electrons. The highest BCUT2D eigenvalue weighted by atomic mass is 19.4. The van der Waals surface area contributed by atoms with E-state index in [4.69, 9.17) is 10.00 Å². The maximum atomic E-state index is 12.6. The number of amides is 1. The van der Waals surface area contributed by atoms with Crippen LogP contribution in [-0.2, 0) is 10.9 Å². The van der Waals surface area contributed by atoms with E-state index >= 15 is 0 Å². The van der Waals surface area contributed by atoms with E-state index in [1.165, 1.54) is 17.0 Å². The third-order valence-electron chi connectivity index (χ3n) is 4.03. The second-order valence-electron chi connectivity index (χ2n) is 5.73. The van der Waals surface area contributed by atoms with Crippen LogP contribution in [0, 0.1) is 11.3 Å². The molecule has 25 heavy (non-hydrogen) atoms. The van der Waals surface area contributed by atoms with Crippen LogP contribution in [0.2, 0.25) is 0 Å². The molecule has 1 amide bonds. The number of nitriles is 1. The van der Waals surface area contributed by atoms with Gasteiger partial charge in [0.1, 0.15) is 0 Å². The Morgan fingerprint density at radius 1 is 1.20 bits per heavy atom. The van der Waals surface area contributed by atoms with Gasteiger partial charge < -0.3 is 9.64 Å². The van der Waals surface area contributed by atoms with E-state index in [1.54, 1.807) is 0 Å². The molecule has 0 aliphatic carbocycles. The van der Waals surface area contributed by atoms with Crippen LogP contribution in [-0.4, -0.2) is 61.6 Å². The predicted molar refractivity (Wildman–Crippen MR) is 84.8 cm³/mol. The Bertz CT molecular complexity index is 605. The van der Waals surface area contributed by atoms with Gasteiger partial charge in [-0.25, -0.2) is 0 Å². The van der Waals surface area contributed by atoms with Crippen molar-refractivity contribution in [3.8, 4) is 6.07 Å². The lowest BCUT2D eigenvalue weighted by atomic mass is 10.1. The van der Waals surface area contributed by atoms with Gasteiger partial charge in [0.15, 0.2) is 0 Å². The SMILES string of the molecule is N#CCCN(CCN1CCOCC1)C(=O)c1ccc(C(F)(F)F)cc1. The number of hydrogen-bond donors (Lipinski definition) is 0. The second kappa shape index (κ2) is 8.83. The molecule has 1 heterocycles.